The Kier molecular flexibility index (Phi) is 4.20. The van der Waals surface area contributed by atoms with Gasteiger partial charge in [-0.1, -0.05) is 23.7 Å². The molecule has 0 unspecified atom stereocenters. The van der Waals surface area contributed by atoms with Crippen LogP contribution in [-0.4, -0.2) is 9.78 Å². The lowest BCUT2D eigenvalue weighted by Crippen LogP contribution is -2.13. The van der Waals surface area contributed by atoms with Crippen LogP contribution in [0, 0.1) is 18.3 Å². The van der Waals surface area contributed by atoms with E-state index in [0.717, 1.165) is 16.8 Å². The standard InChI is InChI=1S/C14H15ClN4/c1-10-13(14(15)19(2)18-10)9-17-8-12-5-3-4-11(6-12)7-16/h3-6,17H,8-9H2,1-2H3. The molecule has 0 saturated carbocycles. The molecule has 0 fully saturated rings. The molecule has 0 aliphatic rings. The third-order valence-corrected chi connectivity index (χ3v) is 3.43. The summed E-state index contributed by atoms with van der Waals surface area (Å²) in [5.41, 5.74) is 3.71. The third-order valence-electron chi connectivity index (χ3n) is 2.96. The monoisotopic (exact) mass is 274 g/mol. The highest BCUT2D eigenvalue weighted by atomic mass is 35.5. The first-order valence-electron chi connectivity index (χ1n) is 5.99. The molecule has 1 aromatic heterocycles. The van der Waals surface area contributed by atoms with E-state index in [-0.39, 0.29) is 0 Å². The summed E-state index contributed by atoms with van der Waals surface area (Å²) >= 11 is 6.16. The molecule has 19 heavy (non-hydrogen) atoms. The van der Waals surface area contributed by atoms with Crippen molar-refractivity contribution in [3.63, 3.8) is 0 Å². The lowest BCUT2D eigenvalue weighted by atomic mass is 10.1. The van der Waals surface area contributed by atoms with Crippen molar-refractivity contribution in [2.45, 2.75) is 20.0 Å². The largest absolute Gasteiger partial charge is 0.308 e. The number of aryl methyl sites for hydroxylation is 2. The van der Waals surface area contributed by atoms with Gasteiger partial charge in [-0.05, 0) is 24.6 Å². The van der Waals surface area contributed by atoms with Crippen LogP contribution in [0.2, 0.25) is 5.15 Å². The first kappa shape index (κ1) is 13.6. The van der Waals surface area contributed by atoms with Crippen LogP contribution in [0.5, 0.6) is 0 Å². The molecule has 5 heteroatoms. The SMILES string of the molecule is Cc1nn(C)c(Cl)c1CNCc1cccc(C#N)c1. The normalized spacial score (nSPS) is 10.4. The van der Waals surface area contributed by atoms with E-state index < -0.39 is 0 Å². The Bertz CT molecular complexity index is 625. The summed E-state index contributed by atoms with van der Waals surface area (Å²) in [5.74, 6) is 0. The second kappa shape index (κ2) is 5.87. The van der Waals surface area contributed by atoms with Crippen molar-refractivity contribution in [3.05, 3.63) is 51.8 Å². The van der Waals surface area contributed by atoms with Crippen LogP contribution in [0.25, 0.3) is 0 Å². The molecule has 0 bridgehead atoms. The maximum absolute atomic E-state index is 8.84. The molecule has 0 spiro atoms. The highest BCUT2D eigenvalue weighted by Crippen LogP contribution is 2.18. The van der Waals surface area contributed by atoms with Crippen LogP contribution < -0.4 is 5.32 Å². The predicted molar refractivity (Wildman–Crippen MR) is 74.7 cm³/mol. The molecule has 0 radical (unpaired) electrons. The van der Waals surface area contributed by atoms with Gasteiger partial charge in [-0.15, -0.1) is 0 Å². The number of nitriles is 1. The summed E-state index contributed by atoms with van der Waals surface area (Å²) in [6, 6.07) is 9.69. The highest BCUT2D eigenvalue weighted by molar-refractivity contribution is 6.30. The Hall–Kier alpha value is -1.83. The molecule has 2 rings (SSSR count). The van der Waals surface area contributed by atoms with Gasteiger partial charge in [0.05, 0.1) is 17.3 Å². The molecule has 1 N–H and O–H groups in total. The summed E-state index contributed by atoms with van der Waals surface area (Å²) in [5, 5.41) is 17.1. The van der Waals surface area contributed by atoms with E-state index in [0.29, 0.717) is 23.8 Å². The van der Waals surface area contributed by atoms with Gasteiger partial charge < -0.3 is 5.32 Å². The number of halogens is 1. The van der Waals surface area contributed by atoms with E-state index in [1.807, 2.05) is 32.2 Å². The van der Waals surface area contributed by atoms with Gasteiger partial charge in [0.15, 0.2) is 0 Å². The maximum Gasteiger partial charge on any atom is 0.131 e. The van der Waals surface area contributed by atoms with Crippen molar-refractivity contribution in [2.75, 3.05) is 0 Å². The zero-order valence-electron chi connectivity index (χ0n) is 10.9. The fourth-order valence-corrected chi connectivity index (χ4v) is 2.20. The topological polar surface area (TPSA) is 53.6 Å². The first-order chi connectivity index (χ1) is 9.11. The Balaban J connectivity index is 1.98. The predicted octanol–water partition coefficient (Wildman–Crippen LogP) is 2.54. The van der Waals surface area contributed by atoms with Gasteiger partial charge in [0, 0.05) is 25.7 Å². The zero-order valence-corrected chi connectivity index (χ0v) is 11.7. The molecular formula is C14H15ClN4. The van der Waals surface area contributed by atoms with E-state index in [4.69, 9.17) is 16.9 Å². The van der Waals surface area contributed by atoms with Gasteiger partial charge in [-0.2, -0.15) is 10.4 Å². The van der Waals surface area contributed by atoms with Crippen LogP contribution in [0.4, 0.5) is 0 Å². The van der Waals surface area contributed by atoms with E-state index in [1.165, 1.54) is 0 Å². The van der Waals surface area contributed by atoms with E-state index >= 15 is 0 Å². The van der Waals surface area contributed by atoms with Crippen molar-refractivity contribution in [1.29, 1.82) is 5.26 Å². The Morgan fingerprint density at radius 3 is 2.84 bits per heavy atom. The lowest BCUT2D eigenvalue weighted by Gasteiger charge is -2.05. The Labute approximate surface area is 117 Å². The Morgan fingerprint density at radius 1 is 1.42 bits per heavy atom. The average Bonchev–Trinajstić information content (AvgIpc) is 2.65. The second-order valence-electron chi connectivity index (χ2n) is 4.39. The number of hydrogen-bond acceptors (Lipinski definition) is 3. The molecule has 1 aromatic carbocycles. The second-order valence-corrected chi connectivity index (χ2v) is 4.75. The number of rotatable bonds is 4. The summed E-state index contributed by atoms with van der Waals surface area (Å²) in [6.07, 6.45) is 0. The molecule has 0 aliphatic carbocycles. The molecule has 0 aliphatic heterocycles. The number of nitrogens with one attached hydrogen (secondary N) is 1. The summed E-state index contributed by atoms with van der Waals surface area (Å²) in [4.78, 5) is 0. The van der Waals surface area contributed by atoms with Crippen LogP contribution in [0.1, 0.15) is 22.4 Å². The number of hydrogen-bond donors (Lipinski definition) is 1. The molecule has 1 heterocycles. The lowest BCUT2D eigenvalue weighted by molar-refractivity contribution is 0.690. The minimum absolute atomic E-state index is 0.662. The fraction of sp³-hybridized carbons (Fsp3) is 0.286. The Morgan fingerprint density at radius 2 is 2.21 bits per heavy atom. The molecule has 0 amide bonds. The van der Waals surface area contributed by atoms with Crippen LogP contribution in [-0.2, 0) is 20.1 Å². The number of nitrogens with zero attached hydrogens (tertiary/aromatic N) is 3. The first-order valence-corrected chi connectivity index (χ1v) is 6.37. The van der Waals surface area contributed by atoms with Gasteiger partial charge >= 0.3 is 0 Å². The fourth-order valence-electron chi connectivity index (χ4n) is 1.96. The molecular weight excluding hydrogens is 260 g/mol. The minimum Gasteiger partial charge on any atom is -0.308 e. The summed E-state index contributed by atoms with van der Waals surface area (Å²) in [7, 11) is 1.83. The van der Waals surface area contributed by atoms with Crippen molar-refractivity contribution < 1.29 is 0 Å². The maximum atomic E-state index is 8.84. The summed E-state index contributed by atoms with van der Waals surface area (Å²) in [6.45, 7) is 3.30. The molecule has 98 valence electrons. The molecule has 4 nitrogen and oxygen atoms in total. The van der Waals surface area contributed by atoms with Crippen LogP contribution in [0.3, 0.4) is 0 Å². The molecule has 0 saturated heterocycles. The van der Waals surface area contributed by atoms with Crippen molar-refractivity contribution in [3.8, 4) is 6.07 Å². The quantitative estimate of drug-likeness (QED) is 0.932. The van der Waals surface area contributed by atoms with Gasteiger partial charge in [-0.3, -0.25) is 4.68 Å². The number of benzene rings is 1. The van der Waals surface area contributed by atoms with E-state index in [2.05, 4.69) is 16.5 Å². The van der Waals surface area contributed by atoms with Crippen molar-refractivity contribution in [2.24, 2.45) is 7.05 Å². The van der Waals surface area contributed by atoms with Crippen molar-refractivity contribution >= 4 is 11.6 Å². The molecule has 0 atom stereocenters. The minimum atomic E-state index is 0.662. The van der Waals surface area contributed by atoms with Gasteiger partial charge in [-0.25, -0.2) is 0 Å². The third kappa shape index (κ3) is 3.14. The highest BCUT2D eigenvalue weighted by Gasteiger charge is 2.10. The smallest absolute Gasteiger partial charge is 0.131 e. The zero-order chi connectivity index (χ0) is 13.8. The van der Waals surface area contributed by atoms with E-state index in [1.54, 1.807) is 10.7 Å². The van der Waals surface area contributed by atoms with Gasteiger partial charge in [0.1, 0.15) is 5.15 Å². The van der Waals surface area contributed by atoms with E-state index in [9.17, 15) is 0 Å². The summed E-state index contributed by atoms with van der Waals surface area (Å²) < 4.78 is 1.67. The average molecular weight is 275 g/mol. The molecule has 2 aromatic rings. The van der Waals surface area contributed by atoms with Crippen molar-refractivity contribution in [1.82, 2.24) is 15.1 Å². The van der Waals surface area contributed by atoms with Gasteiger partial charge in [0.25, 0.3) is 0 Å². The van der Waals surface area contributed by atoms with Crippen LogP contribution >= 0.6 is 11.6 Å². The van der Waals surface area contributed by atoms with Gasteiger partial charge in [0.2, 0.25) is 0 Å². The number of aromatic nitrogens is 2. The van der Waals surface area contributed by atoms with Crippen LogP contribution in [0.15, 0.2) is 24.3 Å².